The molecule has 9 heteroatoms. The van der Waals surface area contributed by atoms with Crippen LogP contribution in [0.1, 0.15) is 25.0 Å². The lowest BCUT2D eigenvalue weighted by Crippen LogP contribution is -2.51. The fraction of sp³-hybridized carbons (Fsp3) is 0.417. The zero-order chi connectivity index (χ0) is 23.4. The minimum Gasteiger partial charge on any atom is -0.475 e. The number of aliphatic carboxylic acids is 1. The van der Waals surface area contributed by atoms with Gasteiger partial charge < -0.3 is 14.9 Å². The molecule has 2 aliphatic heterocycles. The monoisotopic (exact) mass is 461 g/mol. The average molecular weight is 461 g/mol. The van der Waals surface area contributed by atoms with Crippen molar-refractivity contribution in [2.24, 2.45) is 5.92 Å². The van der Waals surface area contributed by atoms with Crippen molar-refractivity contribution < 1.29 is 27.6 Å². The van der Waals surface area contributed by atoms with E-state index in [2.05, 4.69) is 63.9 Å². The van der Waals surface area contributed by atoms with Crippen LogP contribution in [0.15, 0.2) is 53.1 Å². The quantitative estimate of drug-likeness (QED) is 0.589. The lowest BCUT2D eigenvalue weighted by atomic mass is 9.85. The third kappa shape index (κ3) is 5.91. The summed E-state index contributed by atoms with van der Waals surface area (Å²) in [7, 11) is 0. The fourth-order valence-electron chi connectivity index (χ4n) is 4.56. The molecule has 2 fully saturated rings. The van der Waals surface area contributed by atoms with E-state index >= 15 is 0 Å². The topological polar surface area (TPSA) is 78.6 Å². The highest BCUT2D eigenvalue weighted by Gasteiger charge is 2.38. The van der Waals surface area contributed by atoms with E-state index in [0.29, 0.717) is 0 Å². The van der Waals surface area contributed by atoms with Crippen LogP contribution in [0.2, 0.25) is 0 Å². The van der Waals surface area contributed by atoms with Gasteiger partial charge in [-0.25, -0.2) is 4.79 Å². The predicted octanol–water partition coefficient (Wildman–Crippen LogP) is 4.70. The van der Waals surface area contributed by atoms with Gasteiger partial charge in [0.05, 0.1) is 5.69 Å². The van der Waals surface area contributed by atoms with Crippen molar-refractivity contribution in [3.63, 3.8) is 0 Å². The van der Waals surface area contributed by atoms with E-state index in [4.69, 9.17) is 14.4 Å². The number of likely N-dealkylation sites (tertiary alicyclic amines) is 1. The number of rotatable bonds is 3. The molecule has 33 heavy (non-hydrogen) atoms. The second-order valence-corrected chi connectivity index (χ2v) is 8.53. The summed E-state index contributed by atoms with van der Waals surface area (Å²) in [4.78, 5) is 11.4. The Kier molecular flexibility index (Phi) is 6.99. The number of carboxylic acids is 1. The SMILES string of the molecule is O=C(O)C(F)(F)F.c1ccc2cc(-c3cc(CN4CCC5NCCCC5C4)no3)ccc2c1. The molecule has 0 radical (unpaired) electrons. The van der Waals surface area contributed by atoms with E-state index in [9.17, 15) is 13.2 Å². The molecule has 2 aliphatic rings. The Balaban J connectivity index is 0.000000325. The number of aromatic nitrogens is 1. The maximum absolute atomic E-state index is 10.6. The summed E-state index contributed by atoms with van der Waals surface area (Å²) in [5.41, 5.74) is 2.13. The summed E-state index contributed by atoms with van der Waals surface area (Å²) in [6, 6.07) is 17.7. The first kappa shape index (κ1) is 23.3. The number of hydrogen-bond donors (Lipinski definition) is 2. The average Bonchev–Trinajstić information content (AvgIpc) is 3.27. The van der Waals surface area contributed by atoms with Crippen LogP contribution in [0.3, 0.4) is 0 Å². The van der Waals surface area contributed by atoms with Gasteiger partial charge in [-0.1, -0.05) is 41.6 Å². The van der Waals surface area contributed by atoms with E-state index in [1.54, 1.807) is 0 Å². The van der Waals surface area contributed by atoms with E-state index in [-0.39, 0.29) is 0 Å². The van der Waals surface area contributed by atoms with Gasteiger partial charge in [0.15, 0.2) is 5.76 Å². The molecule has 0 saturated carbocycles. The molecule has 2 saturated heterocycles. The fourth-order valence-corrected chi connectivity index (χ4v) is 4.56. The highest BCUT2D eigenvalue weighted by atomic mass is 19.4. The maximum atomic E-state index is 10.6. The summed E-state index contributed by atoms with van der Waals surface area (Å²) in [6.45, 7) is 4.40. The molecule has 1 aromatic heterocycles. The summed E-state index contributed by atoms with van der Waals surface area (Å²) < 4.78 is 37.4. The van der Waals surface area contributed by atoms with E-state index in [1.165, 1.54) is 43.1 Å². The van der Waals surface area contributed by atoms with E-state index < -0.39 is 12.1 Å². The Hall–Kier alpha value is -2.91. The van der Waals surface area contributed by atoms with Crippen LogP contribution in [0, 0.1) is 5.92 Å². The Bertz CT molecular complexity index is 1100. The molecule has 176 valence electrons. The van der Waals surface area contributed by atoms with Crippen molar-refractivity contribution in [2.75, 3.05) is 19.6 Å². The number of benzene rings is 2. The van der Waals surface area contributed by atoms with Crippen molar-refractivity contribution in [3.8, 4) is 11.3 Å². The number of carbonyl (C=O) groups is 1. The molecule has 2 unspecified atom stereocenters. The molecule has 2 atom stereocenters. The van der Waals surface area contributed by atoms with Crippen molar-refractivity contribution in [1.29, 1.82) is 0 Å². The van der Waals surface area contributed by atoms with Gasteiger partial charge in [0.1, 0.15) is 0 Å². The number of hydrogen-bond acceptors (Lipinski definition) is 5. The van der Waals surface area contributed by atoms with Gasteiger partial charge >= 0.3 is 12.1 Å². The molecule has 2 N–H and O–H groups in total. The summed E-state index contributed by atoms with van der Waals surface area (Å²) >= 11 is 0. The van der Waals surface area contributed by atoms with Crippen LogP contribution in [-0.4, -0.2) is 53.0 Å². The van der Waals surface area contributed by atoms with Crippen molar-refractivity contribution in [1.82, 2.24) is 15.4 Å². The molecule has 3 aromatic rings. The second-order valence-electron chi connectivity index (χ2n) is 8.53. The number of fused-ring (bicyclic) bond motifs is 2. The van der Waals surface area contributed by atoms with Crippen LogP contribution in [-0.2, 0) is 11.3 Å². The van der Waals surface area contributed by atoms with Gasteiger partial charge in [0.2, 0.25) is 0 Å². The number of nitrogens with one attached hydrogen (secondary N) is 1. The van der Waals surface area contributed by atoms with Crippen molar-refractivity contribution in [3.05, 3.63) is 54.2 Å². The van der Waals surface area contributed by atoms with Gasteiger partial charge in [0.25, 0.3) is 0 Å². The minimum atomic E-state index is -5.08. The first-order chi connectivity index (χ1) is 15.8. The number of carboxylic acid groups (broad SMARTS) is 1. The van der Waals surface area contributed by atoms with Crippen LogP contribution in [0.4, 0.5) is 13.2 Å². The van der Waals surface area contributed by atoms with Crippen LogP contribution in [0.5, 0.6) is 0 Å². The smallest absolute Gasteiger partial charge is 0.475 e. The zero-order valence-corrected chi connectivity index (χ0v) is 18.0. The molecule has 0 bridgehead atoms. The summed E-state index contributed by atoms with van der Waals surface area (Å²) in [5, 5.41) is 17.6. The lowest BCUT2D eigenvalue weighted by molar-refractivity contribution is -0.192. The van der Waals surface area contributed by atoms with Crippen molar-refractivity contribution >= 4 is 16.7 Å². The number of nitrogens with zero attached hydrogens (tertiary/aromatic N) is 2. The van der Waals surface area contributed by atoms with Gasteiger partial charge in [-0.3, -0.25) is 4.90 Å². The number of alkyl halides is 3. The highest BCUT2D eigenvalue weighted by molar-refractivity contribution is 5.86. The normalized spacial score (nSPS) is 21.2. The Morgan fingerprint density at radius 1 is 1.15 bits per heavy atom. The third-order valence-electron chi connectivity index (χ3n) is 6.20. The molecular formula is C24H26F3N3O3. The van der Waals surface area contributed by atoms with Crippen molar-refractivity contribution in [2.45, 2.75) is 38.0 Å². The zero-order valence-electron chi connectivity index (χ0n) is 18.0. The highest BCUT2D eigenvalue weighted by Crippen LogP contribution is 2.28. The number of halogens is 3. The van der Waals surface area contributed by atoms with Crippen LogP contribution in [0.25, 0.3) is 22.1 Å². The van der Waals surface area contributed by atoms with Gasteiger partial charge in [-0.2, -0.15) is 13.2 Å². The minimum absolute atomic E-state index is 0.727. The Morgan fingerprint density at radius 3 is 2.67 bits per heavy atom. The molecule has 5 rings (SSSR count). The van der Waals surface area contributed by atoms with Gasteiger partial charge in [-0.05, 0) is 48.6 Å². The van der Waals surface area contributed by atoms with Gasteiger partial charge in [0, 0.05) is 37.3 Å². The molecule has 6 nitrogen and oxygen atoms in total. The molecule has 0 amide bonds. The summed E-state index contributed by atoms with van der Waals surface area (Å²) in [6.07, 6.45) is -1.17. The van der Waals surface area contributed by atoms with Crippen LogP contribution < -0.4 is 5.32 Å². The van der Waals surface area contributed by atoms with Gasteiger partial charge in [-0.15, -0.1) is 0 Å². The lowest BCUT2D eigenvalue weighted by Gasteiger charge is -2.41. The first-order valence-corrected chi connectivity index (χ1v) is 11.0. The molecular weight excluding hydrogens is 435 g/mol. The molecule has 0 spiro atoms. The van der Waals surface area contributed by atoms with Crippen LogP contribution >= 0.6 is 0 Å². The predicted molar refractivity (Wildman–Crippen MR) is 118 cm³/mol. The van der Waals surface area contributed by atoms with E-state index in [1.807, 2.05) is 0 Å². The maximum Gasteiger partial charge on any atom is 0.490 e. The van der Waals surface area contributed by atoms with E-state index in [0.717, 1.165) is 42.1 Å². The number of piperidine rings is 2. The second kappa shape index (κ2) is 9.93. The largest absolute Gasteiger partial charge is 0.490 e. The third-order valence-corrected chi connectivity index (χ3v) is 6.20. The summed E-state index contributed by atoms with van der Waals surface area (Å²) in [5.74, 6) is -1.10. The Morgan fingerprint density at radius 2 is 1.91 bits per heavy atom. The molecule has 3 heterocycles. The Labute approximate surface area is 189 Å². The first-order valence-electron chi connectivity index (χ1n) is 11.0. The molecule has 0 aliphatic carbocycles. The molecule has 2 aromatic carbocycles. The standard InChI is InChI=1S/C22H25N3O.C2HF3O2/c1-2-5-17-12-18(8-7-16(17)4-1)22-13-20(24-26-22)15-25-11-9-21-19(14-25)6-3-10-23-21;3-2(4,5)1(6)7/h1-2,4-5,7-8,12-13,19,21,23H,3,6,9-11,14-15H2;(H,6,7).